The summed E-state index contributed by atoms with van der Waals surface area (Å²) >= 11 is 0. The zero-order valence-electron chi connectivity index (χ0n) is 11.0. The van der Waals surface area contributed by atoms with Crippen LogP contribution in [0.15, 0.2) is 18.2 Å². The molecule has 2 rings (SSSR count). The summed E-state index contributed by atoms with van der Waals surface area (Å²) in [7, 11) is 1.60. The van der Waals surface area contributed by atoms with Gasteiger partial charge in [0.25, 0.3) is 0 Å². The normalized spacial score (nSPS) is 18.4. The molecule has 1 aliphatic heterocycles. The lowest BCUT2D eigenvalue weighted by Gasteiger charge is -2.43. The summed E-state index contributed by atoms with van der Waals surface area (Å²) in [4.78, 5) is 13.9. The molecule has 1 aliphatic rings. The van der Waals surface area contributed by atoms with Gasteiger partial charge in [-0.25, -0.2) is 0 Å². The van der Waals surface area contributed by atoms with Crippen LogP contribution < -0.4 is 20.7 Å². The van der Waals surface area contributed by atoms with Crippen molar-refractivity contribution in [2.45, 2.75) is 19.4 Å². The van der Waals surface area contributed by atoms with Gasteiger partial charge < -0.3 is 20.7 Å². The minimum atomic E-state index is -0.596. The third kappa shape index (κ3) is 1.96. The Morgan fingerprint density at radius 1 is 1.44 bits per heavy atom. The number of piperazine rings is 1. The smallest absolute Gasteiger partial charge is 0.245 e. The highest BCUT2D eigenvalue weighted by molar-refractivity contribution is 5.91. The fourth-order valence-electron chi connectivity index (χ4n) is 2.23. The van der Waals surface area contributed by atoms with Crippen molar-refractivity contribution in [1.29, 1.82) is 0 Å². The maximum atomic E-state index is 11.9. The Bertz CT molecular complexity index is 471. The van der Waals surface area contributed by atoms with E-state index < -0.39 is 5.54 Å². The van der Waals surface area contributed by atoms with Crippen molar-refractivity contribution in [3.8, 4) is 5.75 Å². The Labute approximate surface area is 107 Å². The van der Waals surface area contributed by atoms with E-state index in [0.717, 1.165) is 18.0 Å². The molecule has 5 heteroatoms. The number of methoxy groups -OCH3 is 1. The monoisotopic (exact) mass is 249 g/mol. The fraction of sp³-hybridized carbons (Fsp3) is 0.462. The quantitative estimate of drug-likeness (QED) is 0.767. The Morgan fingerprint density at radius 2 is 2.17 bits per heavy atom. The summed E-state index contributed by atoms with van der Waals surface area (Å²) in [5, 5.41) is 2.87. The standard InChI is InChI=1S/C13H19N3O2/c1-13(2)12(17)15-6-7-16(13)11-5-4-9(18-3)8-10(11)14/h4-5,8H,6-7,14H2,1-3H3,(H,15,17). The highest BCUT2D eigenvalue weighted by Crippen LogP contribution is 2.33. The average molecular weight is 249 g/mol. The molecule has 1 amide bonds. The third-order valence-electron chi connectivity index (χ3n) is 3.38. The number of anilines is 2. The number of ether oxygens (including phenoxy) is 1. The zero-order chi connectivity index (χ0) is 13.3. The molecule has 1 fully saturated rings. The van der Waals surface area contributed by atoms with Crippen molar-refractivity contribution in [1.82, 2.24) is 5.32 Å². The lowest BCUT2D eigenvalue weighted by atomic mass is 9.97. The van der Waals surface area contributed by atoms with Gasteiger partial charge in [-0.05, 0) is 26.0 Å². The number of hydrogen-bond acceptors (Lipinski definition) is 4. The highest BCUT2D eigenvalue weighted by Gasteiger charge is 2.38. The van der Waals surface area contributed by atoms with Crippen molar-refractivity contribution in [2.75, 3.05) is 30.8 Å². The number of nitrogens with two attached hydrogens (primary N) is 1. The number of benzene rings is 1. The fourth-order valence-corrected chi connectivity index (χ4v) is 2.23. The molecule has 1 heterocycles. The number of carbonyl (C=O) groups excluding carboxylic acids is 1. The number of amides is 1. The topological polar surface area (TPSA) is 67.6 Å². The van der Waals surface area contributed by atoms with Crippen LogP contribution in [0.5, 0.6) is 5.75 Å². The van der Waals surface area contributed by atoms with Gasteiger partial charge in [0.05, 0.1) is 18.5 Å². The van der Waals surface area contributed by atoms with Crippen LogP contribution in [0.4, 0.5) is 11.4 Å². The first-order valence-corrected chi connectivity index (χ1v) is 5.96. The first-order valence-electron chi connectivity index (χ1n) is 5.96. The number of hydrogen-bond donors (Lipinski definition) is 2. The van der Waals surface area contributed by atoms with Crippen molar-refractivity contribution in [3.63, 3.8) is 0 Å². The summed E-state index contributed by atoms with van der Waals surface area (Å²) in [6.07, 6.45) is 0. The van der Waals surface area contributed by atoms with E-state index in [1.807, 2.05) is 30.9 Å². The van der Waals surface area contributed by atoms with Crippen molar-refractivity contribution >= 4 is 17.3 Å². The molecule has 1 saturated heterocycles. The van der Waals surface area contributed by atoms with Gasteiger partial charge in [-0.3, -0.25) is 4.79 Å². The van der Waals surface area contributed by atoms with Gasteiger partial charge in [-0.15, -0.1) is 0 Å². The second-order valence-electron chi connectivity index (χ2n) is 4.89. The van der Waals surface area contributed by atoms with Gasteiger partial charge in [-0.2, -0.15) is 0 Å². The molecule has 5 nitrogen and oxygen atoms in total. The summed E-state index contributed by atoms with van der Waals surface area (Å²) in [5.41, 5.74) is 6.94. The Kier molecular flexibility index (Phi) is 3.07. The number of rotatable bonds is 2. The second kappa shape index (κ2) is 4.40. The molecule has 0 spiro atoms. The van der Waals surface area contributed by atoms with Gasteiger partial charge in [0.15, 0.2) is 0 Å². The third-order valence-corrected chi connectivity index (χ3v) is 3.38. The van der Waals surface area contributed by atoms with Crippen molar-refractivity contribution in [3.05, 3.63) is 18.2 Å². The molecule has 0 saturated carbocycles. The van der Waals surface area contributed by atoms with Gasteiger partial charge in [0, 0.05) is 19.2 Å². The number of carbonyl (C=O) groups is 1. The Morgan fingerprint density at radius 3 is 2.78 bits per heavy atom. The van der Waals surface area contributed by atoms with E-state index in [4.69, 9.17) is 10.5 Å². The van der Waals surface area contributed by atoms with E-state index in [-0.39, 0.29) is 5.91 Å². The lowest BCUT2D eigenvalue weighted by Crippen LogP contribution is -2.62. The predicted molar refractivity (Wildman–Crippen MR) is 71.8 cm³/mol. The van der Waals surface area contributed by atoms with Gasteiger partial charge in [0.1, 0.15) is 11.3 Å². The van der Waals surface area contributed by atoms with Crippen LogP contribution in [-0.4, -0.2) is 31.6 Å². The SMILES string of the molecule is COc1ccc(N2CCNC(=O)C2(C)C)c(N)c1. The van der Waals surface area contributed by atoms with E-state index in [2.05, 4.69) is 5.32 Å². The van der Waals surface area contributed by atoms with Crippen LogP contribution in [0.1, 0.15) is 13.8 Å². The van der Waals surface area contributed by atoms with Crippen LogP contribution >= 0.6 is 0 Å². The van der Waals surface area contributed by atoms with E-state index in [1.165, 1.54) is 0 Å². The summed E-state index contributed by atoms with van der Waals surface area (Å²) in [5.74, 6) is 0.736. The molecule has 0 aliphatic carbocycles. The summed E-state index contributed by atoms with van der Waals surface area (Å²) in [6.45, 7) is 5.17. The summed E-state index contributed by atoms with van der Waals surface area (Å²) in [6, 6.07) is 5.53. The highest BCUT2D eigenvalue weighted by atomic mass is 16.5. The number of nitrogens with one attached hydrogen (secondary N) is 1. The van der Waals surface area contributed by atoms with E-state index in [0.29, 0.717) is 12.2 Å². The average Bonchev–Trinajstić information content (AvgIpc) is 2.33. The maximum Gasteiger partial charge on any atom is 0.245 e. The minimum Gasteiger partial charge on any atom is -0.497 e. The molecular formula is C13H19N3O2. The maximum absolute atomic E-state index is 11.9. The van der Waals surface area contributed by atoms with E-state index in [9.17, 15) is 4.79 Å². The van der Waals surface area contributed by atoms with Crippen molar-refractivity contribution < 1.29 is 9.53 Å². The van der Waals surface area contributed by atoms with Crippen molar-refractivity contribution in [2.24, 2.45) is 0 Å². The van der Waals surface area contributed by atoms with Crippen LogP contribution in [0, 0.1) is 0 Å². The molecule has 1 aromatic rings. The Hall–Kier alpha value is -1.91. The number of nitrogen functional groups attached to an aromatic ring is 1. The van der Waals surface area contributed by atoms with Crippen LogP contribution in [0.25, 0.3) is 0 Å². The van der Waals surface area contributed by atoms with Crippen LogP contribution in [0.3, 0.4) is 0 Å². The largest absolute Gasteiger partial charge is 0.497 e. The van der Waals surface area contributed by atoms with Crippen LogP contribution in [0.2, 0.25) is 0 Å². The van der Waals surface area contributed by atoms with Gasteiger partial charge in [0.2, 0.25) is 5.91 Å². The molecule has 0 radical (unpaired) electrons. The molecule has 18 heavy (non-hydrogen) atoms. The van der Waals surface area contributed by atoms with Gasteiger partial charge in [-0.1, -0.05) is 0 Å². The molecule has 0 unspecified atom stereocenters. The minimum absolute atomic E-state index is 0.0176. The molecule has 0 aromatic heterocycles. The predicted octanol–water partition coefficient (Wildman–Crippen LogP) is 0.992. The summed E-state index contributed by atoms with van der Waals surface area (Å²) < 4.78 is 5.13. The van der Waals surface area contributed by atoms with E-state index >= 15 is 0 Å². The first-order chi connectivity index (χ1) is 8.46. The van der Waals surface area contributed by atoms with E-state index in [1.54, 1.807) is 13.2 Å². The molecular weight excluding hydrogens is 230 g/mol. The van der Waals surface area contributed by atoms with Gasteiger partial charge >= 0.3 is 0 Å². The second-order valence-corrected chi connectivity index (χ2v) is 4.89. The first kappa shape index (κ1) is 12.5. The lowest BCUT2D eigenvalue weighted by molar-refractivity contribution is -0.126. The van der Waals surface area contributed by atoms with Crippen LogP contribution in [-0.2, 0) is 4.79 Å². The molecule has 0 bridgehead atoms. The molecule has 0 atom stereocenters. The zero-order valence-corrected chi connectivity index (χ0v) is 11.0. The number of nitrogens with zero attached hydrogens (tertiary/aromatic N) is 1. The molecule has 1 aromatic carbocycles. The Balaban J connectivity index is 2.38. The molecule has 98 valence electrons. The molecule has 3 N–H and O–H groups in total.